The molecule has 2 aromatic carbocycles. The lowest BCUT2D eigenvalue weighted by Gasteiger charge is -2.05. The zero-order valence-electron chi connectivity index (χ0n) is 13.5. The fourth-order valence-electron chi connectivity index (χ4n) is 2.38. The predicted molar refractivity (Wildman–Crippen MR) is 92.7 cm³/mol. The second-order valence-electron chi connectivity index (χ2n) is 5.57. The number of hydrogen-bond donors (Lipinski definition) is 1. The normalized spacial score (nSPS) is 10.2. The van der Waals surface area contributed by atoms with Crippen molar-refractivity contribution in [1.82, 2.24) is 0 Å². The summed E-state index contributed by atoms with van der Waals surface area (Å²) in [5.74, 6) is 0.459. The van der Waals surface area contributed by atoms with Crippen LogP contribution in [0.25, 0.3) is 11.3 Å². The van der Waals surface area contributed by atoms with Gasteiger partial charge in [-0.2, -0.15) is 5.26 Å². The first-order valence-corrected chi connectivity index (χ1v) is 7.56. The van der Waals surface area contributed by atoms with Crippen LogP contribution >= 0.6 is 0 Å². The van der Waals surface area contributed by atoms with Gasteiger partial charge in [-0.15, -0.1) is 0 Å². The van der Waals surface area contributed by atoms with Gasteiger partial charge >= 0.3 is 0 Å². The van der Waals surface area contributed by atoms with E-state index in [1.165, 1.54) is 5.56 Å². The number of anilines is 1. The van der Waals surface area contributed by atoms with Crippen molar-refractivity contribution in [2.75, 3.05) is 5.32 Å². The molecule has 118 valence electrons. The Morgan fingerprint density at radius 2 is 1.83 bits per heavy atom. The number of hydrogen-bond acceptors (Lipinski definition) is 3. The van der Waals surface area contributed by atoms with Gasteiger partial charge in [-0.25, -0.2) is 0 Å². The molecule has 1 amide bonds. The molecule has 0 spiro atoms. The van der Waals surface area contributed by atoms with Crippen LogP contribution in [0.3, 0.4) is 0 Å². The maximum atomic E-state index is 12.3. The molecule has 0 unspecified atom stereocenters. The number of para-hydroxylation sites is 1. The Kier molecular flexibility index (Phi) is 4.17. The number of furan rings is 1. The Morgan fingerprint density at radius 1 is 1.04 bits per heavy atom. The van der Waals surface area contributed by atoms with E-state index in [1.54, 1.807) is 36.4 Å². The largest absolute Gasteiger partial charge is 0.451 e. The zero-order chi connectivity index (χ0) is 17.1. The highest BCUT2D eigenvalue weighted by molar-refractivity contribution is 6.03. The monoisotopic (exact) mass is 316 g/mol. The number of nitrogens with one attached hydrogen (secondary N) is 1. The lowest BCUT2D eigenvalue weighted by Crippen LogP contribution is -2.11. The summed E-state index contributed by atoms with van der Waals surface area (Å²) in [6.07, 6.45) is 0. The van der Waals surface area contributed by atoms with Crippen molar-refractivity contribution < 1.29 is 9.21 Å². The number of nitrogens with zero attached hydrogens (tertiary/aromatic N) is 1. The molecule has 1 aromatic heterocycles. The minimum atomic E-state index is -0.382. The van der Waals surface area contributed by atoms with Crippen LogP contribution in [0.2, 0.25) is 0 Å². The Morgan fingerprint density at radius 3 is 2.58 bits per heavy atom. The first kappa shape index (κ1) is 15.6. The van der Waals surface area contributed by atoms with Crippen LogP contribution in [0.5, 0.6) is 0 Å². The molecule has 0 bridgehead atoms. The topological polar surface area (TPSA) is 66.0 Å². The van der Waals surface area contributed by atoms with Gasteiger partial charge in [-0.1, -0.05) is 24.3 Å². The van der Waals surface area contributed by atoms with Gasteiger partial charge in [0.15, 0.2) is 5.76 Å². The van der Waals surface area contributed by atoms with E-state index in [4.69, 9.17) is 9.68 Å². The molecule has 0 radical (unpaired) electrons. The molecule has 1 heterocycles. The highest BCUT2D eigenvalue weighted by atomic mass is 16.3. The first-order chi connectivity index (χ1) is 11.6. The number of aryl methyl sites for hydroxylation is 2. The van der Waals surface area contributed by atoms with Crippen LogP contribution in [0, 0.1) is 25.2 Å². The summed E-state index contributed by atoms with van der Waals surface area (Å²) in [4.78, 5) is 12.3. The standard InChI is InChI=1S/C20H16N2O2/c1-13-7-8-15(11-14(13)2)18-9-10-19(24-18)20(23)22-17-6-4-3-5-16(17)12-21/h3-11H,1-2H3,(H,22,23). The molecule has 0 atom stereocenters. The molecule has 3 rings (SSSR count). The summed E-state index contributed by atoms with van der Waals surface area (Å²) in [6.45, 7) is 4.08. The molecular weight excluding hydrogens is 300 g/mol. The molecule has 24 heavy (non-hydrogen) atoms. The molecule has 0 aliphatic rings. The van der Waals surface area contributed by atoms with Gasteiger partial charge in [-0.3, -0.25) is 4.79 Å². The van der Waals surface area contributed by atoms with Crippen LogP contribution in [0.15, 0.2) is 59.0 Å². The second kappa shape index (κ2) is 6.43. The van der Waals surface area contributed by atoms with Crippen LogP contribution in [-0.4, -0.2) is 5.91 Å². The van der Waals surface area contributed by atoms with Crippen molar-refractivity contribution in [2.45, 2.75) is 13.8 Å². The van der Waals surface area contributed by atoms with Crippen molar-refractivity contribution in [1.29, 1.82) is 5.26 Å². The van der Waals surface area contributed by atoms with Crippen molar-refractivity contribution >= 4 is 11.6 Å². The molecule has 0 aliphatic heterocycles. The van der Waals surface area contributed by atoms with E-state index in [-0.39, 0.29) is 11.7 Å². The lowest BCUT2D eigenvalue weighted by molar-refractivity contribution is 0.0997. The minimum Gasteiger partial charge on any atom is -0.451 e. The highest BCUT2D eigenvalue weighted by Gasteiger charge is 2.14. The van der Waals surface area contributed by atoms with E-state index in [9.17, 15) is 4.79 Å². The van der Waals surface area contributed by atoms with Crippen LogP contribution in [0.1, 0.15) is 27.2 Å². The Bertz CT molecular complexity index is 948. The molecule has 0 saturated carbocycles. The van der Waals surface area contributed by atoms with Crippen molar-refractivity contribution in [3.8, 4) is 17.4 Å². The fourth-order valence-corrected chi connectivity index (χ4v) is 2.38. The summed E-state index contributed by atoms with van der Waals surface area (Å²) in [5.41, 5.74) is 4.17. The number of rotatable bonds is 3. The maximum Gasteiger partial charge on any atom is 0.291 e. The van der Waals surface area contributed by atoms with Crippen molar-refractivity contribution in [3.05, 3.63) is 77.0 Å². The van der Waals surface area contributed by atoms with E-state index in [2.05, 4.69) is 5.32 Å². The van der Waals surface area contributed by atoms with Crippen LogP contribution in [0.4, 0.5) is 5.69 Å². The summed E-state index contributed by atoms with van der Waals surface area (Å²) in [6, 6.07) is 18.3. The third-order valence-corrected chi connectivity index (χ3v) is 3.92. The third-order valence-electron chi connectivity index (χ3n) is 3.92. The number of carbonyl (C=O) groups is 1. The molecule has 0 saturated heterocycles. The smallest absolute Gasteiger partial charge is 0.291 e. The molecule has 4 heteroatoms. The second-order valence-corrected chi connectivity index (χ2v) is 5.57. The third kappa shape index (κ3) is 3.06. The number of amides is 1. The van der Waals surface area contributed by atoms with Gasteiger partial charge in [0.05, 0.1) is 11.3 Å². The maximum absolute atomic E-state index is 12.3. The molecule has 4 nitrogen and oxygen atoms in total. The number of carbonyl (C=O) groups excluding carboxylic acids is 1. The average molecular weight is 316 g/mol. The van der Waals surface area contributed by atoms with Crippen LogP contribution < -0.4 is 5.32 Å². The lowest BCUT2D eigenvalue weighted by atomic mass is 10.1. The van der Waals surface area contributed by atoms with E-state index in [0.717, 1.165) is 11.1 Å². The average Bonchev–Trinajstić information content (AvgIpc) is 3.08. The van der Waals surface area contributed by atoms with Crippen molar-refractivity contribution in [3.63, 3.8) is 0 Å². The van der Waals surface area contributed by atoms with Gasteiger partial charge in [0, 0.05) is 5.56 Å². The van der Waals surface area contributed by atoms with Gasteiger partial charge in [0.1, 0.15) is 11.8 Å². The fraction of sp³-hybridized carbons (Fsp3) is 0.100. The predicted octanol–water partition coefficient (Wildman–Crippen LogP) is 4.69. The number of nitriles is 1. The quantitative estimate of drug-likeness (QED) is 0.762. The summed E-state index contributed by atoms with van der Waals surface area (Å²) >= 11 is 0. The van der Waals surface area contributed by atoms with Gasteiger partial charge < -0.3 is 9.73 Å². The Balaban J connectivity index is 1.84. The van der Waals surface area contributed by atoms with E-state index >= 15 is 0 Å². The SMILES string of the molecule is Cc1ccc(-c2ccc(C(=O)Nc3ccccc3C#N)o2)cc1C. The van der Waals surface area contributed by atoms with Crippen molar-refractivity contribution in [2.24, 2.45) is 0 Å². The highest BCUT2D eigenvalue weighted by Crippen LogP contribution is 2.25. The van der Waals surface area contributed by atoms with Gasteiger partial charge in [0.25, 0.3) is 5.91 Å². The van der Waals surface area contributed by atoms with E-state index < -0.39 is 0 Å². The zero-order valence-corrected chi connectivity index (χ0v) is 13.5. The molecule has 3 aromatic rings. The Labute approximate surface area is 140 Å². The van der Waals surface area contributed by atoms with Crippen LogP contribution in [-0.2, 0) is 0 Å². The van der Waals surface area contributed by atoms with Gasteiger partial charge in [0.2, 0.25) is 0 Å². The molecule has 0 aliphatic carbocycles. The van der Waals surface area contributed by atoms with Gasteiger partial charge in [-0.05, 0) is 55.3 Å². The van der Waals surface area contributed by atoms with E-state index in [1.807, 2.05) is 38.1 Å². The molecule has 0 fully saturated rings. The molecule has 1 N–H and O–H groups in total. The molecular formula is C20H16N2O2. The number of benzene rings is 2. The summed E-state index contributed by atoms with van der Waals surface area (Å²) < 4.78 is 5.68. The summed E-state index contributed by atoms with van der Waals surface area (Å²) in [5, 5.41) is 11.8. The minimum absolute atomic E-state index is 0.205. The first-order valence-electron chi connectivity index (χ1n) is 7.56. The van der Waals surface area contributed by atoms with E-state index in [0.29, 0.717) is 17.0 Å². The summed E-state index contributed by atoms with van der Waals surface area (Å²) in [7, 11) is 0. The Hall–Kier alpha value is -3.32.